The summed E-state index contributed by atoms with van der Waals surface area (Å²) in [6, 6.07) is 20.3. The van der Waals surface area contributed by atoms with Gasteiger partial charge in [0.1, 0.15) is 5.75 Å². The van der Waals surface area contributed by atoms with E-state index in [2.05, 4.69) is 53.1 Å². The zero-order chi connectivity index (χ0) is 36.4. The Morgan fingerprint density at radius 3 is 1.80 bits per heavy atom. The van der Waals surface area contributed by atoms with Gasteiger partial charge in [-0.25, -0.2) is 19.2 Å². The third-order valence-electron chi connectivity index (χ3n) is 8.60. The monoisotopic (exact) mass is 704 g/mol. The maximum Gasteiger partial charge on any atom is 0.414 e. The van der Waals surface area contributed by atoms with Crippen LogP contribution in [-0.2, 0) is 32.1 Å². The molecule has 264 valence electrons. The van der Waals surface area contributed by atoms with E-state index in [9.17, 15) is 9.90 Å². The highest BCUT2D eigenvalue weighted by atomic mass is 32.1. The number of aromatic hydroxyl groups is 1. The third-order valence-corrected chi connectivity index (χ3v) is 9.80. The molecule has 3 heterocycles. The van der Waals surface area contributed by atoms with Gasteiger partial charge in [0.05, 0.1) is 0 Å². The van der Waals surface area contributed by atoms with Crippen molar-refractivity contribution in [1.29, 1.82) is 0 Å². The van der Waals surface area contributed by atoms with Gasteiger partial charge in [0.25, 0.3) is 0 Å². The summed E-state index contributed by atoms with van der Waals surface area (Å²) >= 11 is 1.59. The lowest BCUT2D eigenvalue weighted by Crippen LogP contribution is -2.21. The first-order chi connectivity index (χ1) is 23.8. The van der Waals surface area contributed by atoms with Gasteiger partial charge in [0.2, 0.25) is 0 Å². The van der Waals surface area contributed by atoms with Gasteiger partial charge in [0.15, 0.2) is 5.78 Å². The van der Waals surface area contributed by atoms with E-state index >= 15 is 0 Å². The number of carbonyl (C=O) groups excluding carboxylic acids is 1. The first kappa shape index (κ1) is 37.7. The minimum atomic E-state index is -1.82. The molecule has 13 heteroatoms. The van der Waals surface area contributed by atoms with Crippen molar-refractivity contribution in [3.05, 3.63) is 88.5 Å². The van der Waals surface area contributed by atoms with Crippen LogP contribution < -0.4 is 0 Å². The van der Waals surface area contributed by atoms with E-state index in [1.807, 2.05) is 12.1 Å². The molecule has 2 aliphatic heterocycles. The van der Waals surface area contributed by atoms with E-state index in [-0.39, 0.29) is 11.5 Å². The summed E-state index contributed by atoms with van der Waals surface area (Å²) in [5.74, 6) is -7.02. The number of thiophene rings is 1. The van der Waals surface area contributed by atoms with Crippen LogP contribution in [0.2, 0.25) is 0 Å². The molecular weight excluding hydrogens is 664 g/mol. The third kappa shape index (κ3) is 10.2. The Morgan fingerprint density at radius 1 is 0.700 bits per heavy atom. The number of hydrogen-bond donors (Lipinski definition) is 5. The van der Waals surface area contributed by atoms with E-state index in [1.54, 1.807) is 23.5 Å². The van der Waals surface area contributed by atoms with Crippen LogP contribution in [0.15, 0.2) is 60.7 Å². The van der Waals surface area contributed by atoms with E-state index < -0.39 is 23.9 Å². The highest BCUT2D eigenvalue weighted by molar-refractivity contribution is 7.22. The summed E-state index contributed by atoms with van der Waals surface area (Å²) in [4.78, 5) is 56.5. The number of phenols is 1. The second-order valence-corrected chi connectivity index (χ2v) is 13.2. The van der Waals surface area contributed by atoms with Crippen LogP contribution in [0.3, 0.4) is 0 Å². The second-order valence-electron chi connectivity index (χ2n) is 12.2. The SMILES string of the molecule is Cc1cc(C(=O)c2c(-c3ccc(CCN4CCCC4)cc3)sc3cc(O)ccc23)ccc1CN1CCCC1.O=C(O)C(=O)O.O=C(O)C(=O)O. The smallest absolute Gasteiger partial charge is 0.414 e. The number of hydrogen-bond acceptors (Lipinski definition) is 9. The fraction of sp³-hybridized carbons (Fsp3) is 0.324. The Hall–Kier alpha value is -5.11. The van der Waals surface area contributed by atoms with Crippen LogP contribution in [0.1, 0.15) is 58.3 Å². The lowest BCUT2D eigenvalue weighted by Gasteiger charge is -2.17. The van der Waals surface area contributed by atoms with Crippen molar-refractivity contribution in [3.8, 4) is 16.2 Å². The molecular formula is C37H40N2O10S. The average Bonchev–Trinajstić information content (AvgIpc) is 3.87. The first-order valence-electron chi connectivity index (χ1n) is 16.2. The predicted octanol–water partition coefficient (Wildman–Crippen LogP) is 5.36. The number of phenolic OH excluding ortho intramolecular Hbond substituents is 1. The number of aliphatic carboxylic acids is 4. The van der Waals surface area contributed by atoms with Gasteiger partial charge < -0.3 is 30.4 Å². The molecule has 3 aromatic carbocycles. The van der Waals surface area contributed by atoms with Crippen molar-refractivity contribution >= 4 is 51.1 Å². The Labute approximate surface area is 292 Å². The minimum Gasteiger partial charge on any atom is -0.508 e. The molecule has 0 atom stereocenters. The molecule has 4 aromatic rings. The van der Waals surface area contributed by atoms with Gasteiger partial charge >= 0.3 is 23.9 Å². The molecule has 50 heavy (non-hydrogen) atoms. The first-order valence-corrected chi connectivity index (χ1v) is 17.0. The number of carboxylic acid groups (broad SMARTS) is 4. The van der Waals surface area contributed by atoms with Crippen molar-refractivity contribution < 1.29 is 49.5 Å². The Bertz CT molecular complexity index is 1810. The van der Waals surface area contributed by atoms with Crippen molar-refractivity contribution in [2.75, 3.05) is 32.7 Å². The van der Waals surface area contributed by atoms with Gasteiger partial charge in [-0.3, -0.25) is 9.69 Å². The van der Waals surface area contributed by atoms with E-state index in [4.69, 9.17) is 39.6 Å². The largest absolute Gasteiger partial charge is 0.508 e. The quantitative estimate of drug-likeness (QED) is 0.117. The highest BCUT2D eigenvalue weighted by Gasteiger charge is 2.23. The molecule has 0 amide bonds. The number of carboxylic acids is 4. The lowest BCUT2D eigenvalue weighted by molar-refractivity contribution is -0.159. The maximum absolute atomic E-state index is 14.1. The molecule has 0 bridgehead atoms. The van der Waals surface area contributed by atoms with E-state index in [0.29, 0.717) is 0 Å². The number of likely N-dealkylation sites (tertiary alicyclic amines) is 2. The molecule has 0 aliphatic carbocycles. The normalized spacial score (nSPS) is 14.3. The standard InChI is InChI=1S/C33H36N2O2S.2C2H2O4/c1-23-20-26(10-11-27(23)22-35-17-4-5-18-35)32(37)31-29-13-12-28(36)21-30(29)38-33(31)25-8-6-24(7-9-25)14-19-34-15-2-3-16-34;2*3-1(4)2(5)6/h6-13,20-21,36H,2-5,14-19,22H2,1H3;2*(H,3,4)(H,5,6). The average molecular weight is 705 g/mol. The number of rotatable bonds is 8. The summed E-state index contributed by atoms with van der Waals surface area (Å²) < 4.78 is 0.934. The van der Waals surface area contributed by atoms with Gasteiger partial charge in [-0.05, 0) is 112 Å². The van der Waals surface area contributed by atoms with Crippen LogP contribution in [0.25, 0.3) is 20.5 Å². The number of fused-ring (bicyclic) bond motifs is 1. The van der Waals surface area contributed by atoms with Crippen molar-refractivity contribution in [1.82, 2.24) is 9.80 Å². The fourth-order valence-electron chi connectivity index (χ4n) is 5.97. The van der Waals surface area contributed by atoms with Gasteiger partial charge in [-0.2, -0.15) is 0 Å². The van der Waals surface area contributed by atoms with Crippen molar-refractivity contribution in [2.45, 2.75) is 45.6 Å². The van der Waals surface area contributed by atoms with Gasteiger partial charge in [-0.1, -0.05) is 36.4 Å². The van der Waals surface area contributed by atoms with E-state index in [0.717, 1.165) is 64.3 Å². The molecule has 2 aliphatic rings. The summed E-state index contributed by atoms with van der Waals surface area (Å²) in [6.45, 7) is 8.94. The number of carbonyl (C=O) groups is 5. The molecule has 0 radical (unpaired) electrons. The number of aryl methyl sites for hydroxylation is 1. The maximum atomic E-state index is 14.1. The summed E-state index contributed by atoms with van der Waals surface area (Å²) in [5, 5.41) is 40.6. The molecule has 0 saturated carbocycles. The summed E-state index contributed by atoms with van der Waals surface area (Å²) in [7, 11) is 0. The van der Waals surface area contributed by atoms with Crippen molar-refractivity contribution in [2.24, 2.45) is 0 Å². The van der Waals surface area contributed by atoms with Crippen LogP contribution in [-0.4, -0.2) is 97.7 Å². The highest BCUT2D eigenvalue weighted by Crippen LogP contribution is 2.41. The lowest BCUT2D eigenvalue weighted by atomic mass is 9.95. The summed E-state index contributed by atoms with van der Waals surface area (Å²) in [5.41, 5.74) is 6.32. The number of benzene rings is 3. The molecule has 2 fully saturated rings. The minimum absolute atomic E-state index is 0.0471. The number of nitrogens with zero attached hydrogens (tertiary/aromatic N) is 2. The zero-order valence-corrected chi connectivity index (χ0v) is 28.4. The molecule has 0 spiro atoms. The van der Waals surface area contributed by atoms with E-state index in [1.165, 1.54) is 55.5 Å². The molecule has 6 rings (SSSR count). The molecule has 2 saturated heterocycles. The van der Waals surface area contributed by atoms with Crippen LogP contribution in [0.4, 0.5) is 0 Å². The Morgan fingerprint density at radius 2 is 1.26 bits per heavy atom. The molecule has 1 aromatic heterocycles. The fourth-order valence-corrected chi connectivity index (χ4v) is 7.21. The molecule has 12 nitrogen and oxygen atoms in total. The number of ketones is 1. The van der Waals surface area contributed by atoms with Crippen LogP contribution >= 0.6 is 11.3 Å². The topological polar surface area (TPSA) is 193 Å². The van der Waals surface area contributed by atoms with Crippen molar-refractivity contribution in [3.63, 3.8) is 0 Å². The Kier molecular flexibility index (Phi) is 13.2. The van der Waals surface area contributed by atoms with Crippen LogP contribution in [0, 0.1) is 6.92 Å². The van der Waals surface area contributed by atoms with Crippen LogP contribution in [0.5, 0.6) is 5.75 Å². The zero-order valence-electron chi connectivity index (χ0n) is 27.6. The Balaban J connectivity index is 0.000000404. The molecule has 0 unspecified atom stereocenters. The predicted molar refractivity (Wildman–Crippen MR) is 188 cm³/mol. The second kappa shape index (κ2) is 17.5. The summed E-state index contributed by atoms with van der Waals surface area (Å²) in [6.07, 6.45) is 6.24. The molecule has 5 N–H and O–H groups in total. The van der Waals surface area contributed by atoms with Gasteiger partial charge in [-0.15, -0.1) is 11.3 Å². The van der Waals surface area contributed by atoms with Gasteiger partial charge in [0, 0.05) is 39.2 Å².